The van der Waals surface area contributed by atoms with Gasteiger partial charge in [0.05, 0.1) is 6.26 Å². The highest BCUT2D eigenvalue weighted by molar-refractivity contribution is 5.69. The zero-order valence-corrected chi connectivity index (χ0v) is 11.6. The molecule has 3 unspecified atom stereocenters. The third kappa shape index (κ3) is 2.22. The molecule has 1 nitrogen and oxygen atoms in total. The van der Waals surface area contributed by atoms with Crippen LogP contribution in [0.3, 0.4) is 0 Å². The quantitative estimate of drug-likeness (QED) is 0.703. The van der Waals surface area contributed by atoms with E-state index in [1.807, 2.05) is 6.26 Å². The van der Waals surface area contributed by atoms with Gasteiger partial charge in [0, 0.05) is 17.4 Å². The van der Waals surface area contributed by atoms with Gasteiger partial charge >= 0.3 is 0 Å². The molecule has 0 radical (unpaired) electrons. The van der Waals surface area contributed by atoms with E-state index in [0.29, 0.717) is 17.9 Å². The van der Waals surface area contributed by atoms with Gasteiger partial charge in [-0.1, -0.05) is 55.8 Å². The van der Waals surface area contributed by atoms with Crippen LogP contribution in [-0.2, 0) is 4.74 Å². The fourth-order valence-corrected chi connectivity index (χ4v) is 3.56. The lowest BCUT2D eigenvalue weighted by Gasteiger charge is -2.35. The first-order valence-electron chi connectivity index (χ1n) is 7.40. The molecule has 1 heterocycles. The van der Waals surface area contributed by atoms with Gasteiger partial charge in [0.2, 0.25) is 0 Å². The minimum absolute atomic E-state index is 0.330. The summed E-state index contributed by atoms with van der Waals surface area (Å²) in [5, 5.41) is 0. The molecule has 1 fully saturated rings. The molecule has 0 bridgehead atoms. The Bertz CT molecular complexity index is 486. The van der Waals surface area contributed by atoms with Gasteiger partial charge in [0.1, 0.15) is 6.10 Å². The Labute approximate surface area is 116 Å². The molecular weight excluding hydrogens is 232 g/mol. The van der Waals surface area contributed by atoms with Crippen molar-refractivity contribution in [2.45, 2.75) is 38.7 Å². The van der Waals surface area contributed by atoms with Gasteiger partial charge in [-0.3, -0.25) is 0 Å². The Morgan fingerprint density at radius 3 is 2.79 bits per heavy atom. The van der Waals surface area contributed by atoms with Crippen molar-refractivity contribution in [1.82, 2.24) is 0 Å². The first-order chi connectivity index (χ1) is 9.31. The number of fused-ring (bicyclic) bond motifs is 1. The van der Waals surface area contributed by atoms with Crippen molar-refractivity contribution >= 4 is 5.57 Å². The molecule has 1 aromatic rings. The lowest BCUT2D eigenvalue weighted by atomic mass is 9.71. The maximum absolute atomic E-state index is 6.04. The maximum Gasteiger partial charge on any atom is 0.111 e. The largest absolute Gasteiger partial charge is 0.496 e. The Hall–Kier alpha value is -1.50. The summed E-state index contributed by atoms with van der Waals surface area (Å²) in [5.41, 5.74) is 4.10. The van der Waals surface area contributed by atoms with Crippen molar-refractivity contribution in [1.29, 1.82) is 0 Å². The summed E-state index contributed by atoms with van der Waals surface area (Å²) < 4.78 is 6.04. The molecule has 1 saturated carbocycles. The van der Waals surface area contributed by atoms with Gasteiger partial charge in [-0.15, -0.1) is 0 Å². The van der Waals surface area contributed by atoms with Crippen LogP contribution in [-0.4, -0.2) is 6.10 Å². The first-order valence-corrected chi connectivity index (χ1v) is 7.40. The van der Waals surface area contributed by atoms with Gasteiger partial charge in [-0.2, -0.15) is 0 Å². The van der Waals surface area contributed by atoms with Crippen molar-refractivity contribution in [2.75, 3.05) is 0 Å². The molecule has 0 N–H and O–H groups in total. The number of hydrogen-bond donors (Lipinski definition) is 0. The van der Waals surface area contributed by atoms with Gasteiger partial charge in [-0.25, -0.2) is 0 Å². The Morgan fingerprint density at radius 2 is 2.05 bits per heavy atom. The lowest BCUT2D eigenvalue weighted by molar-refractivity contribution is 0.0687. The number of rotatable bonds is 3. The fourth-order valence-electron chi connectivity index (χ4n) is 3.56. The average Bonchev–Trinajstić information content (AvgIpc) is 2.87. The van der Waals surface area contributed by atoms with Crippen LogP contribution < -0.4 is 0 Å². The van der Waals surface area contributed by atoms with Crippen LogP contribution in [0.25, 0.3) is 5.57 Å². The van der Waals surface area contributed by atoms with E-state index in [9.17, 15) is 0 Å². The van der Waals surface area contributed by atoms with Crippen molar-refractivity contribution in [2.24, 2.45) is 11.8 Å². The second-order valence-electron chi connectivity index (χ2n) is 5.74. The molecule has 0 amide bonds. The molecule has 3 atom stereocenters. The van der Waals surface area contributed by atoms with Crippen LogP contribution in [0.1, 0.15) is 38.2 Å². The molecule has 1 aliphatic carbocycles. The van der Waals surface area contributed by atoms with E-state index in [-0.39, 0.29) is 0 Å². The Kier molecular flexibility index (Phi) is 3.46. The fraction of sp³-hybridized carbons (Fsp3) is 0.444. The van der Waals surface area contributed by atoms with Gasteiger partial charge < -0.3 is 4.74 Å². The zero-order valence-electron chi connectivity index (χ0n) is 11.6. The van der Waals surface area contributed by atoms with E-state index < -0.39 is 0 Å². The molecule has 2 aliphatic rings. The Morgan fingerprint density at radius 1 is 1.26 bits per heavy atom. The van der Waals surface area contributed by atoms with Crippen LogP contribution in [0.5, 0.6) is 0 Å². The molecule has 3 rings (SSSR count). The summed E-state index contributed by atoms with van der Waals surface area (Å²) >= 11 is 0. The van der Waals surface area contributed by atoms with Crippen molar-refractivity contribution in [3.05, 3.63) is 54.3 Å². The van der Waals surface area contributed by atoms with Crippen LogP contribution >= 0.6 is 0 Å². The first kappa shape index (κ1) is 12.5. The molecule has 1 aromatic carbocycles. The smallest absolute Gasteiger partial charge is 0.111 e. The summed E-state index contributed by atoms with van der Waals surface area (Å²) in [5.74, 6) is 1.10. The van der Waals surface area contributed by atoms with E-state index >= 15 is 0 Å². The summed E-state index contributed by atoms with van der Waals surface area (Å²) in [7, 11) is 0. The normalized spacial score (nSPS) is 29.6. The minimum atomic E-state index is 0.330. The van der Waals surface area contributed by atoms with Crippen LogP contribution in [0.15, 0.2) is 48.7 Å². The second kappa shape index (κ2) is 5.24. The van der Waals surface area contributed by atoms with Crippen LogP contribution in [0.4, 0.5) is 0 Å². The van der Waals surface area contributed by atoms with Gasteiger partial charge in [-0.05, 0) is 24.8 Å². The van der Waals surface area contributed by atoms with E-state index in [1.165, 1.54) is 36.0 Å². The van der Waals surface area contributed by atoms with Gasteiger partial charge in [0.25, 0.3) is 0 Å². The monoisotopic (exact) mass is 254 g/mol. The number of hydrogen-bond acceptors (Lipinski definition) is 1. The van der Waals surface area contributed by atoms with E-state index in [0.717, 1.165) is 6.42 Å². The molecule has 0 aromatic heterocycles. The predicted molar refractivity (Wildman–Crippen MR) is 79.6 cm³/mol. The Balaban J connectivity index is 1.84. The lowest BCUT2D eigenvalue weighted by Crippen LogP contribution is -2.33. The summed E-state index contributed by atoms with van der Waals surface area (Å²) in [6.45, 7) is 6.52. The maximum atomic E-state index is 6.04. The minimum Gasteiger partial charge on any atom is -0.496 e. The zero-order chi connectivity index (χ0) is 13.2. The third-order valence-electron chi connectivity index (χ3n) is 4.55. The van der Waals surface area contributed by atoms with Crippen molar-refractivity contribution in [3.8, 4) is 0 Å². The molecular formula is C18H22O. The van der Waals surface area contributed by atoms with Gasteiger partial charge in [0.15, 0.2) is 0 Å². The summed E-state index contributed by atoms with van der Waals surface area (Å²) in [6, 6.07) is 10.7. The molecule has 0 spiro atoms. The second-order valence-corrected chi connectivity index (χ2v) is 5.74. The predicted octanol–water partition coefficient (Wildman–Crippen LogP) is 4.81. The van der Waals surface area contributed by atoms with E-state index in [1.54, 1.807) is 0 Å². The molecule has 1 aliphatic heterocycles. The third-order valence-corrected chi connectivity index (χ3v) is 4.55. The van der Waals surface area contributed by atoms with Crippen LogP contribution in [0.2, 0.25) is 0 Å². The topological polar surface area (TPSA) is 9.23 Å². The highest BCUT2D eigenvalue weighted by Gasteiger charge is 2.41. The number of benzene rings is 1. The molecule has 1 heteroatoms. The van der Waals surface area contributed by atoms with E-state index in [4.69, 9.17) is 4.74 Å². The SMILES string of the molecule is C=C1CCC2C(c3ccccc3)=COC2C1CCC. The molecule has 100 valence electrons. The average molecular weight is 254 g/mol. The molecule has 0 saturated heterocycles. The molecule has 19 heavy (non-hydrogen) atoms. The summed E-state index contributed by atoms with van der Waals surface area (Å²) in [6.07, 6.45) is 7.08. The highest BCUT2D eigenvalue weighted by atomic mass is 16.5. The number of ether oxygens (including phenoxy) is 1. The standard InChI is InChI=1S/C18H22O/c1-3-7-15-13(2)10-11-16-17(12-19-18(15)16)14-8-5-4-6-9-14/h4-6,8-9,12,15-16,18H,2-3,7,10-11H2,1H3. The van der Waals surface area contributed by atoms with Crippen LogP contribution in [0, 0.1) is 11.8 Å². The summed E-state index contributed by atoms with van der Waals surface area (Å²) in [4.78, 5) is 0. The van der Waals surface area contributed by atoms with E-state index in [2.05, 4.69) is 43.8 Å². The van der Waals surface area contributed by atoms with Crippen molar-refractivity contribution in [3.63, 3.8) is 0 Å². The van der Waals surface area contributed by atoms with Crippen molar-refractivity contribution < 1.29 is 4.74 Å². The highest BCUT2D eigenvalue weighted by Crippen LogP contribution is 2.47.